The lowest BCUT2D eigenvalue weighted by Gasteiger charge is -2.05. The monoisotopic (exact) mass is 275 g/mol. The Morgan fingerprint density at radius 3 is 2.80 bits per heavy atom. The maximum Gasteiger partial charge on any atom is 0.353 e. The number of hydrogen-bond acceptors (Lipinski definition) is 3. The molecule has 6 nitrogen and oxygen atoms in total. The fourth-order valence-electron chi connectivity index (χ4n) is 2.20. The van der Waals surface area contributed by atoms with Gasteiger partial charge in [-0.15, -0.1) is 0 Å². The van der Waals surface area contributed by atoms with E-state index < -0.39 is 17.7 Å². The predicted octanol–water partition coefficient (Wildman–Crippen LogP) is 1.97. The van der Waals surface area contributed by atoms with Crippen LogP contribution in [0.2, 0.25) is 0 Å². The fourth-order valence-corrected chi connectivity index (χ4v) is 2.20. The highest BCUT2D eigenvalue weighted by molar-refractivity contribution is 6.03. The third kappa shape index (κ3) is 1.75. The zero-order valence-electron chi connectivity index (χ0n) is 10.4. The molecule has 2 heterocycles. The van der Waals surface area contributed by atoms with E-state index in [9.17, 15) is 14.0 Å². The number of aromatic carboxylic acids is 1. The number of fused-ring (bicyclic) bond motifs is 1. The van der Waals surface area contributed by atoms with E-state index in [1.54, 1.807) is 13.0 Å². The minimum Gasteiger partial charge on any atom is -0.477 e. The van der Waals surface area contributed by atoms with Gasteiger partial charge in [-0.25, -0.2) is 9.18 Å². The number of halogens is 1. The molecular formula is C13H10FN3O3. The van der Waals surface area contributed by atoms with E-state index in [0.29, 0.717) is 16.8 Å². The van der Waals surface area contributed by atoms with Gasteiger partial charge in [0.2, 0.25) is 5.91 Å². The Morgan fingerprint density at radius 1 is 1.40 bits per heavy atom. The van der Waals surface area contributed by atoms with Crippen molar-refractivity contribution < 1.29 is 19.1 Å². The first-order chi connectivity index (χ1) is 9.47. The highest BCUT2D eigenvalue weighted by Crippen LogP contribution is 2.37. The molecular weight excluding hydrogens is 265 g/mol. The van der Waals surface area contributed by atoms with Crippen molar-refractivity contribution in [2.45, 2.75) is 12.8 Å². The molecule has 3 N–H and O–H groups in total. The molecule has 1 aliphatic rings. The van der Waals surface area contributed by atoms with Gasteiger partial charge in [-0.2, -0.15) is 5.10 Å². The number of H-pyrrole nitrogens is 1. The van der Waals surface area contributed by atoms with Crippen LogP contribution in [0.3, 0.4) is 0 Å². The molecule has 1 amide bonds. The molecule has 0 saturated heterocycles. The molecule has 0 radical (unpaired) electrons. The van der Waals surface area contributed by atoms with Crippen LogP contribution in [0, 0.1) is 5.82 Å². The van der Waals surface area contributed by atoms with Crippen molar-refractivity contribution in [3.8, 4) is 11.3 Å². The lowest BCUT2D eigenvalue weighted by atomic mass is 9.99. The number of carbonyl (C=O) groups excluding carboxylic acids is 1. The van der Waals surface area contributed by atoms with E-state index >= 15 is 0 Å². The van der Waals surface area contributed by atoms with Gasteiger partial charge in [0.1, 0.15) is 11.5 Å². The average Bonchev–Trinajstić information content (AvgIpc) is 2.98. The van der Waals surface area contributed by atoms with E-state index in [2.05, 4.69) is 15.5 Å². The van der Waals surface area contributed by atoms with Crippen molar-refractivity contribution >= 4 is 17.6 Å². The van der Waals surface area contributed by atoms with Gasteiger partial charge in [0, 0.05) is 5.56 Å². The molecule has 102 valence electrons. The van der Waals surface area contributed by atoms with Crippen LogP contribution in [0.4, 0.5) is 10.1 Å². The van der Waals surface area contributed by atoms with Gasteiger partial charge in [-0.3, -0.25) is 9.89 Å². The number of carbonyl (C=O) groups is 2. The van der Waals surface area contributed by atoms with Gasteiger partial charge in [-0.1, -0.05) is 0 Å². The number of amides is 1. The first-order valence-corrected chi connectivity index (χ1v) is 5.90. The van der Waals surface area contributed by atoms with Gasteiger partial charge >= 0.3 is 5.97 Å². The zero-order chi connectivity index (χ0) is 14.4. The van der Waals surface area contributed by atoms with Crippen molar-refractivity contribution in [1.29, 1.82) is 0 Å². The first kappa shape index (κ1) is 12.3. The fraction of sp³-hybridized carbons (Fsp3) is 0.154. The molecule has 7 heteroatoms. The van der Waals surface area contributed by atoms with Gasteiger partial charge in [0.05, 0.1) is 17.3 Å². The standard InChI is InChI=1S/C13H10FN3O3/c1-5-7-2-6(3-8(14)11(7)15-12(5)18)9-4-10(13(19)20)17-16-9/h2-5H,1H3,(H,15,18)(H,16,17)(H,19,20). The minimum atomic E-state index is -1.14. The largest absolute Gasteiger partial charge is 0.477 e. The molecule has 1 aliphatic heterocycles. The summed E-state index contributed by atoms with van der Waals surface area (Å²) in [4.78, 5) is 22.3. The van der Waals surface area contributed by atoms with Crippen LogP contribution in [-0.4, -0.2) is 27.2 Å². The number of nitrogens with one attached hydrogen (secondary N) is 2. The van der Waals surface area contributed by atoms with Crippen molar-refractivity contribution in [1.82, 2.24) is 10.2 Å². The van der Waals surface area contributed by atoms with E-state index in [1.807, 2.05) is 0 Å². The molecule has 0 fully saturated rings. The molecule has 20 heavy (non-hydrogen) atoms. The molecule has 1 atom stereocenters. The summed E-state index contributed by atoms with van der Waals surface area (Å²) in [6.07, 6.45) is 0. The summed E-state index contributed by atoms with van der Waals surface area (Å²) in [5.74, 6) is -2.41. The van der Waals surface area contributed by atoms with Gasteiger partial charge in [0.15, 0.2) is 0 Å². The van der Waals surface area contributed by atoms with E-state index in [-0.39, 0.29) is 17.3 Å². The van der Waals surface area contributed by atoms with Crippen LogP contribution < -0.4 is 5.32 Å². The third-order valence-electron chi connectivity index (χ3n) is 3.33. The molecule has 3 rings (SSSR count). The van der Waals surface area contributed by atoms with E-state index in [4.69, 9.17) is 5.11 Å². The highest BCUT2D eigenvalue weighted by atomic mass is 19.1. The summed E-state index contributed by atoms with van der Waals surface area (Å²) in [6.45, 7) is 1.68. The van der Waals surface area contributed by atoms with Crippen molar-refractivity contribution in [2.24, 2.45) is 0 Å². The van der Waals surface area contributed by atoms with Crippen molar-refractivity contribution in [3.05, 3.63) is 35.3 Å². The quantitative estimate of drug-likeness (QED) is 0.780. The Morgan fingerprint density at radius 2 is 2.15 bits per heavy atom. The maximum absolute atomic E-state index is 14.0. The Hall–Kier alpha value is -2.70. The summed E-state index contributed by atoms with van der Waals surface area (Å²) < 4.78 is 14.0. The number of nitrogens with zero attached hydrogens (tertiary/aromatic N) is 1. The molecule has 1 aromatic carbocycles. The SMILES string of the molecule is CC1C(=O)Nc2c(F)cc(-c3cc(C(=O)O)[nH]n3)cc21. The van der Waals surface area contributed by atoms with Crippen LogP contribution in [-0.2, 0) is 4.79 Å². The highest BCUT2D eigenvalue weighted by Gasteiger charge is 2.30. The number of aromatic nitrogens is 2. The summed E-state index contributed by atoms with van der Waals surface area (Å²) in [5, 5.41) is 17.5. The molecule has 0 aliphatic carbocycles. The number of carboxylic acid groups (broad SMARTS) is 1. The molecule has 0 bridgehead atoms. The number of benzene rings is 1. The van der Waals surface area contributed by atoms with Crippen LogP contribution in [0.15, 0.2) is 18.2 Å². The molecule has 1 aromatic heterocycles. The minimum absolute atomic E-state index is 0.0804. The summed E-state index contributed by atoms with van der Waals surface area (Å²) in [6, 6.07) is 4.18. The lowest BCUT2D eigenvalue weighted by molar-refractivity contribution is -0.116. The number of anilines is 1. The average molecular weight is 275 g/mol. The molecule has 2 aromatic rings. The summed E-state index contributed by atoms with van der Waals surface area (Å²) >= 11 is 0. The zero-order valence-corrected chi connectivity index (χ0v) is 10.4. The first-order valence-electron chi connectivity index (χ1n) is 5.90. The number of carboxylic acids is 1. The Labute approximate surface area is 112 Å². The Bertz CT molecular complexity index is 738. The third-order valence-corrected chi connectivity index (χ3v) is 3.33. The lowest BCUT2D eigenvalue weighted by Crippen LogP contribution is -2.08. The van der Waals surface area contributed by atoms with E-state index in [1.165, 1.54) is 12.1 Å². The van der Waals surface area contributed by atoms with Gasteiger partial charge < -0.3 is 10.4 Å². The Kier molecular flexibility index (Phi) is 2.56. The van der Waals surface area contributed by atoms with Crippen LogP contribution in [0.25, 0.3) is 11.3 Å². The molecule has 1 unspecified atom stereocenters. The molecule has 0 spiro atoms. The topological polar surface area (TPSA) is 95.1 Å². The number of hydrogen-bond donors (Lipinski definition) is 3. The van der Waals surface area contributed by atoms with E-state index in [0.717, 1.165) is 0 Å². The molecule has 0 saturated carbocycles. The van der Waals surface area contributed by atoms with Crippen molar-refractivity contribution in [3.63, 3.8) is 0 Å². The van der Waals surface area contributed by atoms with Crippen LogP contribution in [0.1, 0.15) is 28.9 Å². The second-order valence-corrected chi connectivity index (χ2v) is 4.61. The second kappa shape index (κ2) is 4.16. The van der Waals surface area contributed by atoms with Crippen LogP contribution >= 0.6 is 0 Å². The number of aromatic amines is 1. The Balaban J connectivity index is 2.10. The number of rotatable bonds is 2. The van der Waals surface area contributed by atoms with Crippen molar-refractivity contribution in [2.75, 3.05) is 5.32 Å². The smallest absolute Gasteiger partial charge is 0.353 e. The summed E-state index contributed by atoms with van der Waals surface area (Å²) in [7, 11) is 0. The normalized spacial score (nSPS) is 16.9. The predicted molar refractivity (Wildman–Crippen MR) is 68.0 cm³/mol. The second-order valence-electron chi connectivity index (χ2n) is 4.61. The summed E-state index contributed by atoms with van der Waals surface area (Å²) in [5.41, 5.74) is 1.39. The maximum atomic E-state index is 14.0. The van der Waals surface area contributed by atoms with Gasteiger partial charge in [0.25, 0.3) is 0 Å². The van der Waals surface area contributed by atoms with Gasteiger partial charge in [-0.05, 0) is 30.7 Å². The van der Waals surface area contributed by atoms with Crippen LogP contribution in [0.5, 0.6) is 0 Å².